The number of hydrogen-bond donors (Lipinski definition) is 1. The van der Waals surface area contributed by atoms with Crippen LogP contribution >= 0.6 is 0 Å². The largest absolute Gasteiger partial charge is 0.449 e. The van der Waals surface area contributed by atoms with E-state index in [2.05, 4.69) is 26.1 Å². The van der Waals surface area contributed by atoms with Crippen LogP contribution in [0.1, 0.15) is 59.3 Å². The maximum Gasteiger partial charge on any atom is 0.407 e. The molecule has 1 atom stereocenters. The highest BCUT2D eigenvalue weighted by Gasteiger charge is 2.09. The number of hydrogen-bond acceptors (Lipinski definition) is 2. The zero-order valence-corrected chi connectivity index (χ0v) is 11.1. The summed E-state index contributed by atoms with van der Waals surface area (Å²) in [5, 5.41) is 2.76. The molecule has 0 fully saturated rings. The van der Waals surface area contributed by atoms with E-state index in [0.717, 1.165) is 32.2 Å². The van der Waals surface area contributed by atoms with Crippen molar-refractivity contribution in [2.75, 3.05) is 13.2 Å². The topological polar surface area (TPSA) is 38.3 Å². The summed E-state index contributed by atoms with van der Waals surface area (Å²) >= 11 is 0. The highest BCUT2D eigenvalue weighted by atomic mass is 16.5. The number of unbranched alkanes of at least 4 members (excludes halogenated alkanes) is 2. The highest BCUT2D eigenvalue weighted by molar-refractivity contribution is 5.66. The fraction of sp³-hybridized carbons (Fsp3) is 0.923. The average molecular weight is 229 g/mol. The number of carbonyl (C=O) groups is 1. The quantitative estimate of drug-likeness (QED) is 0.612. The third kappa shape index (κ3) is 8.57. The molecule has 0 saturated heterocycles. The van der Waals surface area contributed by atoms with Gasteiger partial charge in [-0.3, -0.25) is 0 Å². The summed E-state index contributed by atoms with van der Waals surface area (Å²) in [5.74, 6) is 0.525. The lowest BCUT2D eigenvalue weighted by Crippen LogP contribution is -2.27. The average Bonchev–Trinajstić information content (AvgIpc) is 2.30. The summed E-state index contributed by atoms with van der Waals surface area (Å²) in [6.45, 7) is 7.73. The first-order chi connectivity index (χ1) is 7.74. The smallest absolute Gasteiger partial charge is 0.407 e. The van der Waals surface area contributed by atoms with Crippen LogP contribution in [-0.4, -0.2) is 19.2 Å². The minimum absolute atomic E-state index is 0.261. The SMILES string of the molecule is CCCCNC(=O)OCC(CC)CCCC. The number of ether oxygens (including phenoxy) is 1. The van der Waals surface area contributed by atoms with Crippen LogP contribution in [0.15, 0.2) is 0 Å². The molecular weight excluding hydrogens is 202 g/mol. The standard InChI is InChI=1S/C13H27NO2/c1-4-7-9-12(6-3)11-16-13(15)14-10-8-5-2/h12H,4-11H2,1-3H3,(H,14,15). The van der Waals surface area contributed by atoms with Gasteiger partial charge in [-0.2, -0.15) is 0 Å². The van der Waals surface area contributed by atoms with Crippen LogP contribution in [0.25, 0.3) is 0 Å². The van der Waals surface area contributed by atoms with Gasteiger partial charge in [-0.1, -0.05) is 46.5 Å². The van der Waals surface area contributed by atoms with Gasteiger partial charge in [-0.15, -0.1) is 0 Å². The predicted molar refractivity (Wildman–Crippen MR) is 67.6 cm³/mol. The Morgan fingerprint density at radius 1 is 1.19 bits per heavy atom. The van der Waals surface area contributed by atoms with Crippen molar-refractivity contribution < 1.29 is 9.53 Å². The first-order valence-corrected chi connectivity index (χ1v) is 6.65. The lowest BCUT2D eigenvalue weighted by Gasteiger charge is -2.14. The zero-order chi connectivity index (χ0) is 12.2. The molecule has 0 aromatic heterocycles. The van der Waals surface area contributed by atoms with Crippen molar-refractivity contribution in [3.8, 4) is 0 Å². The summed E-state index contributed by atoms with van der Waals surface area (Å²) in [6.07, 6.45) is 6.52. The number of carbonyl (C=O) groups excluding carboxylic acids is 1. The lowest BCUT2D eigenvalue weighted by atomic mass is 10.0. The van der Waals surface area contributed by atoms with E-state index in [1.165, 1.54) is 12.8 Å². The Morgan fingerprint density at radius 2 is 1.88 bits per heavy atom. The monoisotopic (exact) mass is 229 g/mol. The van der Waals surface area contributed by atoms with Crippen molar-refractivity contribution in [2.24, 2.45) is 5.92 Å². The van der Waals surface area contributed by atoms with Crippen molar-refractivity contribution >= 4 is 6.09 Å². The third-order valence-corrected chi connectivity index (χ3v) is 2.79. The molecule has 0 aromatic rings. The number of amides is 1. The normalized spacial score (nSPS) is 12.2. The van der Waals surface area contributed by atoms with E-state index < -0.39 is 0 Å². The van der Waals surface area contributed by atoms with E-state index in [9.17, 15) is 4.79 Å². The molecule has 0 saturated carbocycles. The Labute approximate surface area is 99.9 Å². The Kier molecular flexibility index (Phi) is 10.3. The molecular formula is C13H27NO2. The molecule has 0 bridgehead atoms. The minimum Gasteiger partial charge on any atom is -0.449 e. The highest BCUT2D eigenvalue weighted by Crippen LogP contribution is 2.12. The van der Waals surface area contributed by atoms with Crippen molar-refractivity contribution in [3.05, 3.63) is 0 Å². The molecule has 16 heavy (non-hydrogen) atoms. The van der Waals surface area contributed by atoms with Crippen LogP contribution in [0.3, 0.4) is 0 Å². The molecule has 0 aliphatic carbocycles. The second-order valence-electron chi connectivity index (χ2n) is 4.30. The molecule has 1 unspecified atom stereocenters. The molecule has 0 radical (unpaired) electrons. The Morgan fingerprint density at radius 3 is 2.44 bits per heavy atom. The first kappa shape index (κ1) is 15.3. The van der Waals surface area contributed by atoms with E-state index >= 15 is 0 Å². The predicted octanol–water partition coefficient (Wildman–Crippen LogP) is 3.73. The fourth-order valence-corrected chi connectivity index (χ4v) is 1.51. The van der Waals surface area contributed by atoms with Crippen molar-refractivity contribution in [1.29, 1.82) is 0 Å². The van der Waals surface area contributed by atoms with Crippen LogP contribution in [0.2, 0.25) is 0 Å². The van der Waals surface area contributed by atoms with E-state index in [1.54, 1.807) is 0 Å². The molecule has 0 aromatic carbocycles. The zero-order valence-electron chi connectivity index (χ0n) is 11.1. The van der Waals surface area contributed by atoms with Crippen LogP contribution < -0.4 is 5.32 Å². The molecule has 1 amide bonds. The van der Waals surface area contributed by atoms with Gasteiger partial charge in [0, 0.05) is 6.54 Å². The molecule has 0 aliphatic heterocycles. The first-order valence-electron chi connectivity index (χ1n) is 6.65. The van der Waals surface area contributed by atoms with Gasteiger partial charge in [-0.25, -0.2) is 4.79 Å². The third-order valence-electron chi connectivity index (χ3n) is 2.79. The minimum atomic E-state index is -0.261. The molecule has 3 heteroatoms. The van der Waals surface area contributed by atoms with Crippen LogP contribution in [0.4, 0.5) is 4.79 Å². The molecule has 0 heterocycles. The molecule has 0 aliphatic rings. The molecule has 3 nitrogen and oxygen atoms in total. The molecule has 96 valence electrons. The van der Waals surface area contributed by atoms with E-state index in [-0.39, 0.29) is 6.09 Å². The van der Waals surface area contributed by atoms with Crippen molar-refractivity contribution in [1.82, 2.24) is 5.32 Å². The van der Waals surface area contributed by atoms with Gasteiger partial charge in [0.15, 0.2) is 0 Å². The van der Waals surface area contributed by atoms with Crippen molar-refractivity contribution in [3.63, 3.8) is 0 Å². The summed E-state index contributed by atoms with van der Waals surface area (Å²) in [4.78, 5) is 11.3. The fourth-order valence-electron chi connectivity index (χ4n) is 1.51. The van der Waals surface area contributed by atoms with E-state index in [1.807, 2.05) is 0 Å². The summed E-state index contributed by atoms with van der Waals surface area (Å²) in [7, 11) is 0. The summed E-state index contributed by atoms with van der Waals surface area (Å²) in [5.41, 5.74) is 0. The second kappa shape index (κ2) is 10.8. The number of alkyl carbamates (subject to hydrolysis) is 1. The van der Waals surface area contributed by atoms with Gasteiger partial charge in [-0.05, 0) is 18.8 Å². The van der Waals surface area contributed by atoms with Crippen molar-refractivity contribution in [2.45, 2.75) is 59.3 Å². The molecule has 0 rings (SSSR count). The van der Waals surface area contributed by atoms with Gasteiger partial charge in [0.2, 0.25) is 0 Å². The van der Waals surface area contributed by atoms with Gasteiger partial charge in [0.1, 0.15) is 0 Å². The van der Waals surface area contributed by atoms with Gasteiger partial charge in [0.05, 0.1) is 6.61 Å². The van der Waals surface area contributed by atoms with Gasteiger partial charge in [0.25, 0.3) is 0 Å². The van der Waals surface area contributed by atoms with Crippen LogP contribution in [0, 0.1) is 5.92 Å². The summed E-state index contributed by atoms with van der Waals surface area (Å²) < 4.78 is 5.19. The van der Waals surface area contributed by atoms with Crippen LogP contribution in [-0.2, 0) is 4.74 Å². The van der Waals surface area contributed by atoms with Gasteiger partial charge >= 0.3 is 6.09 Å². The molecule has 0 spiro atoms. The van der Waals surface area contributed by atoms with E-state index in [4.69, 9.17) is 4.74 Å². The molecule has 1 N–H and O–H groups in total. The number of nitrogens with one attached hydrogen (secondary N) is 1. The number of rotatable bonds is 9. The Bertz CT molecular complexity index is 171. The van der Waals surface area contributed by atoms with E-state index in [0.29, 0.717) is 12.5 Å². The van der Waals surface area contributed by atoms with Gasteiger partial charge < -0.3 is 10.1 Å². The lowest BCUT2D eigenvalue weighted by molar-refractivity contribution is 0.122. The Balaban J connectivity index is 3.54. The maximum atomic E-state index is 11.3. The Hall–Kier alpha value is -0.730. The summed E-state index contributed by atoms with van der Waals surface area (Å²) in [6, 6.07) is 0. The maximum absolute atomic E-state index is 11.3. The van der Waals surface area contributed by atoms with Crippen LogP contribution in [0.5, 0.6) is 0 Å². The second-order valence-corrected chi connectivity index (χ2v) is 4.30.